The Morgan fingerprint density at radius 1 is 1.09 bits per heavy atom. The quantitative estimate of drug-likeness (QED) is 0.586. The molecule has 1 aliphatic rings. The van der Waals surface area contributed by atoms with E-state index in [1.807, 2.05) is 18.2 Å². The molecule has 0 spiro atoms. The zero-order valence-corrected chi connectivity index (χ0v) is 18.0. The highest BCUT2D eigenvalue weighted by Gasteiger charge is 2.17. The number of nitriles is 1. The second kappa shape index (κ2) is 9.62. The summed E-state index contributed by atoms with van der Waals surface area (Å²) in [4.78, 5) is 10.8. The first-order valence-corrected chi connectivity index (χ1v) is 10.2. The molecule has 164 valence electrons. The Hall–Kier alpha value is -3.70. The van der Waals surface area contributed by atoms with Crippen LogP contribution in [-0.4, -0.2) is 50.5 Å². The zero-order chi connectivity index (χ0) is 22.5. The predicted molar refractivity (Wildman–Crippen MR) is 118 cm³/mol. The molecule has 2 aromatic carbocycles. The molecule has 0 saturated carbocycles. The largest absolute Gasteiger partial charge is 0.495 e. The molecule has 1 aromatic heterocycles. The number of hydrogen-bond donors (Lipinski definition) is 0. The third-order valence-corrected chi connectivity index (χ3v) is 5.35. The Kier molecular flexibility index (Phi) is 6.47. The Morgan fingerprint density at radius 3 is 2.59 bits per heavy atom. The lowest BCUT2D eigenvalue weighted by molar-refractivity contribution is 0.122. The molecule has 0 radical (unpaired) electrons. The van der Waals surface area contributed by atoms with Crippen molar-refractivity contribution in [1.29, 1.82) is 5.26 Å². The maximum absolute atomic E-state index is 14.5. The number of rotatable bonds is 6. The number of aromatic nitrogens is 2. The van der Waals surface area contributed by atoms with Crippen LogP contribution in [0.25, 0.3) is 11.3 Å². The van der Waals surface area contributed by atoms with Gasteiger partial charge in [-0.05, 0) is 35.9 Å². The molecule has 1 fully saturated rings. The molecule has 0 N–H and O–H groups in total. The molecule has 0 bridgehead atoms. The van der Waals surface area contributed by atoms with Gasteiger partial charge in [0.15, 0.2) is 5.82 Å². The molecule has 7 nitrogen and oxygen atoms in total. The van der Waals surface area contributed by atoms with Crippen molar-refractivity contribution in [2.45, 2.75) is 6.42 Å². The lowest BCUT2D eigenvalue weighted by Gasteiger charge is -2.30. The van der Waals surface area contributed by atoms with Gasteiger partial charge in [-0.3, -0.25) is 0 Å². The van der Waals surface area contributed by atoms with E-state index in [0.29, 0.717) is 42.3 Å². The van der Waals surface area contributed by atoms with Gasteiger partial charge in [0.2, 0.25) is 0 Å². The third kappa shape index (κ3) is 4.48. The normalized spacial score (nSPS) is 13.5. The van der Waals surface area contributed by atoms with Gasteiger partial charge in [0, 0.05) is 25.1 Å². The molecule has 0 unspecified atom stereocenters. The average Bonchev–Trinajstić information content (AvgIpc) is 2.85. The van der Waals surface area contributed by atoms with Gasteiger partial charge in [-0.25, -0.2) is 14.4 Å². The maximum Gasteiger partial charge on any atom is 0.167 e. The fourth-order valence-electron chi connectivity index (χ4n) is 3.71. The summed E-state index contributed by atoms with van der Waals surface area (Å²) in [6.07, 6.45) is 1.57. The Bertz CT molecular complexity index is 1160. The molecule has 0 amide bonds. The number of morpholine rings is 1. The highest BCUT2D eigenvalue weighted by Crippen LogP contribution is 2.31. The zero-order valence-electron chi connectivity index (χ0n) is 18.0. The molecule has 1 saturated heterocycles. The fraction of sp³-hybridized carbons (Fsp3) is 0.292. The van der Waals surface area contributed by atoms with E-state index in [0.717, 1.165) is 36.3 Å². The number of hydrogen-bond acceptors (Lipinski definition) is 7. The van der Waals surface area contributed by atoms with Crippen LogP contribution < -0.4 is 14.4 Å². The highest BCUT2D eigenvalue weighted by atomic mass is 19.1. The van der Waals surface area contributed by atoms with Crippen molar-refractivity contribution >= 4 is 5.69 Å². The molecular formula is C24H23FN4O3. The standard InChI is InChI=1S/C24H23FN4O3/c1-30-21-6-4-17(13-18(21)14-26)24-19(25)15-27-23(28-24)12-16-3-5-20(22(11-16)31-2)29-7-9-32-10-8-29/h3-6,11,13,15H,7-10,12H2,1-2H3. The van der Waals surface area contributed by atoms with Crippen LogP contribution >= 0.6 is 0 Å². The first-order valence-electron chi connectivity index (χ1n) is 10.2. The Morgan fingerprint density at radius 2 is 1.88 bits per heavy atom. The molecule has 3 aromatic rings. The summed E-state index contributed by atoms with van der Waals surface area (Å²) >= 11 is 0. The first-order chi connectivity index (χ1) is 15.6. The number of halogens is 1. The molecule has 32 heavy (non-hydrogen) atoms. The smallest absolute Gasteiger partial charge is 0.167 e. The maximum atomic E-state index is 14.5. The Labute approximate surface area is 186 Å². The monoisotopic (exact) mass is 434 g/mol. The summed E-state index contributed by atoms with van der Waals surface area (Å²) in [5.41, 5.74) is 2.91. The van der Waals surface area contributed by atoms with E-state index in [-0.39, 0.29) is 5.69 Å². The lowest BCUT2D eigenvalue weighted by atomic mass is 10.1. The summed E-state index contributed by atoms with van der Waals surface area (Å²) in [5, 5.41) is 9.33. The first kappa shape index (κ1) is 21.5. The van der Waals surface area contributed by atoms with E-state index in [4.69, 9.17) is 14.2 Å². The number of anilines is 1. The summed E-state index contributed by atoms with van der Waals surface area (Å²) in [6.45, 7) is 3.01. The van der Waals surface area contributed by atoms with Crippen LogP contribution in [0.1, 0.15) is 17.0 Å². The predicted octanol–water partition coefficient (Wildman–Crippen LogP) is 3.60. The molecule has 2 heterocycles. The minimum atomic E-state index is -0.553. The second-order valence-corrected chi connectivity index (χ2v) is 7.29. The number of benzene rings is 2. The Balaban J connectivity index is 1.61. The summed E-state index contributed by atoms with van der Waals surface area (Å²) in [7, 11) is 3.13. The number of nitrogens with zero attached hydrogens (tertiary/aromatic N) is 4. The summed E-state index contributed by atoms with van der Waals surface area (Å²) in [6, 6.07) is 12.9. The lowest BCUT2D eigenvalue weighted by Crippen LogP contribution is -2.36. The van der Waals surface area contributed by atoms with Gasteiger partial charge in [0.1, 0.15) is 29.1 Å². The van der Waals surface area contributed by atoms with Gasteiger partial charge in [0.05, 0.1) is 44.9 Å². The van der Waals surface area contributed by atoms with Crippen molar-refractivity contribution in [3.8, 4) is 28.8 Å². The number of methoxy groups -OCH3 is 2. The summed E-state index contributed by atoms with van der Waals surface area (Å²) in [5.74, 6) is 1.11. The van der Waals surface area contributed by atoms with E-state index >= 15 is 0 Å². The van der Waals surface area contributed by atoms with E-state index in [1.54, 1.807) is 25.3 Å². The van der Waals surface area contributed by atoms with Crippen molar-refractivity contribution in [3.05, 3.63) is 65.4 Å². The van der Waals surface area contributed by atoms with E-state index in [1.165, 1.54) is 7.11 Å². The van der Waals surface area contributed by atoms with Gasteiger partial charge in [0.25, 0.3) is 0 Å². The van der Waals surface area contributed by atoms with Crippen LogP contribution in [-0.2, 0) is 11.2 Å². The number of ether oxygens (including phenoxy) is 3. The van der Waals surface area contributed by atoms with Gasteiger partial charge < -0.3 is 19.1 Å². The van der Waals surface area contributed by atoms with Crippen molar-refractivity contribution in [2.75, 3.05) is 45.4 Å². The van der Waals surface area contributed by atoms with Crippen molar-refractivity contribution in [1.82, 2.24) is 9.97 Å². The van der Waals surface area contributed by atoms with Crippen molar-refractivity contribution in [3.63, 3.8) is 0 Å². The van der Waals surface area contributed by atoms with Crippen LogP contribution in [0.5, 0.6) is 11.5 Å². The molecule has 1 aliphatic heterocycles. The molecule has 8 heteroatoms. The van der Waals surface area contributed by atoms with Gasteiger partial charge in [-0.2, -0.15) is 5.26 Å². The second-order valence-electron chi connectivity index (χ2n) is 7.29. The van der Waals surface area contributed by atoms with Crippen LogP contribution in [0.3, 0.4) is 0 Å². The van der Waals surface area contributed by atoms with Crippen molar-refractivity contribution < 1.29 is 18.6 Å². The SMILES string of the molecule is COc1ccc(-c2nc(Cc3ccc(N4CCOCC4)c(OC)c3)ncc2F)cc1C#N. The topological polar surface area (TPSA) is 80.5 Å². The third-order valence-electron chi connectivity index (χ3n) is 5.35. The van der Waals surface area contributed by atoms with Crippen LogP contribution in [0.4, 0.5) is 10.1 Å². The van der Waals surface area contributed by atoms with E-state index in [9.17, 15) is 9.65 Å². The van der Waals surface area contributed by atoms with Gasteiger partial charge in [-0.15, -0.1) is 0 Å². The average molecular weight is 434 g/mol. The minimum absolute atomic E-state index is 0.144. The molecule has 4 rings (SSSR count). The highest BCUT2D eigenvalue weighted by molar-refractivity contribution is 5.65. The van der Waals surface area contributed by atoms with Crippen molar-refractivity contribution in [2.24, 2.45) is 0 Å². The van der Waals surface area contributed by atoms with Crippen LogP contribution in [0, 0.1) is 17.1 Å². The van der Waals surface area contributed by atoms with Crippen LogP contribution in [0.2, 0.25) is 0 Å². The molecular weight excluding hydrogens is 411 g/mol. The van der Waals surface area contributed by atoms with Gasteiger partial charge in [-0.1, -0.05) is 6.07 Å². The van der Waals surface area contributed by atoms with E-state index < -0.39 is 5.82 Å². The minimum Gasteiger partial charge on any atom is -0.495 e. The van der Waals surface area contributed by atoms with Crippen LogP contribution in [0.15, 0.2) is 42.6 Å². The summed E-state index contributed by atoms with van der Waals surface area (Å²) < 4.78 is 30.7. The van der Waals surface area contributed by atoms with Gasteiger partial charge >= 0.3 is 0 Å². The molecule has 0 atom stereocenters. The fourth-order valence-corrected chi connectivity index (χ4v) is 3.71. The molecule has 0 aliphatic carbocycles. The van der Waals surface area contributed by atoms with E-state index in [2.05, 4.69) is 20.9 Å².